The second kappa shape index (κ2) is 5.74. The number of hydrogen-bond acceptors (Lipinski definition) is 6. The van der Waals surface area contributed by atoms with Crippen LogP contribution in [0.5, 0.6) is 0 Å². The van der Waals surface area contributed by atoms with E-state index in [1.165, 1.54) is 13.8 Å². The quantitative estimate of drug-likeness (QED) is 0.809. The lowest BCUT2D eigenvalue weighted by Gasteiger charge is -2.32. The van der Waals surface area contributed by atoms with Gasteiger partial charge in [0.1, 0.15) is 10.6 Å². The summed E-state index contributed by atoms with van der Waals surface area (Å²) in [7, 11) is -3.86. The van der Waals surface area contributed by atoms with Crippen LogP contribution in [-0.2, 0) is 19.6 Å². The molecule has 1 aromatic rings. The molecule has 0 unspecified atom stereocenters. The van der Waals surface area contributed by atoms with E-state index in [9.17, 15) is 18.3 Å². The first-order valence-electron chi connectivity index (χ1n) is 6.52. The van der Waals surface area contributed by atoms with Crippen LogP contribution >= 0.6 is 0 Å². The van der Waals surface area contributed by atoms with Gasteiger partial charge in [-0.2, -0.15) is 0 Å². The number of carboxylic acids is 1. The van der Waals surface area contributed by atoms with Crippen LogP contribution in [0.4, 0.5) is 0 Å². The molecule has 21 heavy (non-hydrogen) atoms. The van der Waals surface area contributed by atoms with Crippen LogP contribution < -0.4 is 4.72 Å². The Labute approximate surface area is 122 Å². The van der Waals surface area contributed by atoms with Crippen LogP contribution in [0.25, 0.3) is 0 Å². The van der Waals surface area contributed by atoms with Crippen molar-refractivity contribution >= 4 is 16.0 Å². The molecular formula is C12H18N2O6S. The van der Waals surface area contributed by atoms with Crippen LogP contribution in [0.1, 0.15) is 24.3 Å². The Morgan fingerprint density at radius 3 is 2.48 bits per heavy atom. The topological polar surface area (TPSA) is 119 Å². The standard InChI is InChI=1S/C12H18N2O6S/c1-8-10(9(2)20-14-8)21(17,18)13-7-12(11(15)16)3-5-19-6-4-12/h13H,3-7H2,1-2H3,(H,15,16). The Bertz CT molecular complexity index is 611. The molecule has 1 saturated heterocycles. The second-order valence-electron chi connectivity index (χ2n) is 5.18. The van der Waals surface area contributed by atoms with E-state index in [0.29, 0.717) is 13.2 Å². The predicted octanol–water partition coefficient (Wildman–Crippen LogP) is 0.451. The molecule has 1 aliphatic rings. The van der Waals surface area contributed by atoms with Gasteiger partial charge in [-0.25, -0.2) is 13.1 Å². The van der Waals surface area contributed by atoms with E-state index in [1.54, 1.807) is 0 Å². The maximum Gasteiger partial charge on any atom is 0.311 e. The molecule has 8 nitrogen and oxygen atoms in total. The van der Waals surface area contributed by atoms with Crippen molar-refractivity contribution in [3.8, 4) is 0 Å². The summed E-state index contributed by atoms with van der Waals surface area (Å²) in [4.78, 5) is 11.5. The molecule has 118 valence electrons. The van der Waals surface area contributed by atoms with Crippen LogP contribution in [0.15, 0.2) is 9.42 Å². The first-order valence-corrected chi connectivity index (χ1v) is 8.00. The third-order valence-electron chi connectivity index (χ3n) is 3.74. The molecule has 0 amide bonds. The first-order chi connectivity index (χ1) is 9.78. The molecule has 2 N–H and O–H groups in total. The first kappa shape index (κ1) is 15.9. The van der Waals surface area contributed by atoms with Crippen molar-refractivity contribution in [2.75, 3.05) is 19.8 Å². The zero-order valence-corrected chi connectivity index (χ0v) is 12.7. The van der Waals surface area contributed by atoms with Crippen molar-refractivity contribution in [3.05, 3.63) is 11.5 Å². The fourth-order valence-electron chi connectivity index (χ4n) is 2.39. The van der Waals surface area contributed by atoms with Crippen molar-refractivity contribution in [2.45, 2.75) is 31.6 Å². The highest BCUT2D eigenvalue weighted by atomic mass is 32.2. The van der Waals surface area contributed by atoms with Crippen molar-refractivity contribution in [3.63, 3.8) is 0 Å². The lowest BCUT2D eigenvalue weighted by molar-refractivity contribution is -0.154. The molecule has 0 spiro atoms. The summed E-state index contributed by atoms with van der Waals surface area (Å²) < 4.78 is 37.0. The number of carbonyl (C=O) groups is 1. The lowest BCUT2D eigenvalue weighted by Crippen LogP contribution is -2.46. The number of aliphatic carboxylic acids is 1. The molecule has 2 rings (SSSR count). The number of rotatable bonds is 5. The summed E-state index contributed by atoms with van der Waals surface area (Å²) in [5, 5.41) is 13.0. The summed E-state index contributed by atoms with van der Waals surface area (Å²) in [6.45, 7) is 3.44. The summed E-state index contributed by atoms with van der Waals surface area (Å²) in [5.74, 6) is -0.844. The van der Waals surface area contributed by atoms with E-state index < -0.39 is 21.4 Å². The zero-order valence-electron chi connectivity index (χ0n) is 11.9. The van der Waals surface area contributed by atoms with Gasteiger partial charge >= 0.3 is 5.97 Å². The van der Waals surface area contributed by atoms with Crippen molar-refractivity contribution in [1.82, 2.24) is 9.88 Å². The molecule has 0 aliphatic carbocycles. The van der Waals surface area contributed by atoms with Gasteiger partial charge in [0.2, 0.25) is 10.0 Å². The van der Waals surface area contributed by atoms with E-state index in [4.69, 9.17) is 9.26 Å². The normalized spacial score (nSPS) is 18.6. The number of ether oxygens (including phenoxy) is 1. The van der Waals surface area contributed by atoms with Crippen LogP contribution in [0.2, 0.25) is 0 Å². The lowest BCUT2D eigenvalue weighted by atomic mass is 9.80. The Balaban J connectivity index is 2.19. The van der Waals surface area contributed by atoms with E-state index in [2.05, 4.69) is 9.88 Å². The third-order valence-corrected chi connectivity index (χ3v) is 5.39. The molecule has 2 heterocycles. The van der Waals surface area contributed by atoms with Gasteiger partial charge < -0.3 is 14.4 Å². The number of carboxylic acid groups (broad SMARTS) is 1. The number of aromatic nitrogens is 1. The minimum absolute atomic E-state index is 0.0323. The summed E-state index contributed by atoms with van der Waals surface area (Å²) in [6.07, 6.45) is 0.541. The summed E-state index contributed by atoms with van der Waals surface area (Å²) in [6, 6.07) is 0. The van der Waals surface area contributed by atoms with Gasteiger partial charge in [-0.05, 0) is 26.7 Å². The molecule has 1 aromatic heterocycles. The van der Waals surface area contributed by atoms with Crippen molar-refractivity contribution < 1.29 is 27.6 Å². The fraction of sp³-hybridized carbons (Fsp3) is 0.667. The van der Waals surface area contributed by atoms with Gasteiger partial charge in [0.25, 0.3) is 0 Å². The summed E-state index contributed by atoms with van der Waals surface area (Å²) >= 11 is 0. The Hall–Kier alpha value is -1.45. The fourth-order valence-corrected chi connectivity index (χ4v) is 3.84. The number of sulfonamides is 1. The number of nitrogens with one attached hydrogen (secondary N) is 1. The van der Waals surface area contributed by atoms with Gasteiger partial charge in [-0.15, -0.1) is 0 Å². The highest BCUT2D eigenvalue weighted by Crippen LogP contribution is 2.31. The van der Waals surface area contributed by atoms with Crippen molar-refractivity contribution in [2.24, 2.45) is 5.41 Å². The van der Waals surface area contributed by atoms with Gasteiger partial charge in [0, 0.05) is 19.8 Å². The monoisotopic (exact) mass is 318 g/mol. The average molecular weight is 318 g/mol. The van der Waals surface area contributed by atoms with Gasteiger partial charge in [-0.3, -0.25) is 4.79 Å². The second-order valence-corrected chi connectivity index (χ2v) is 6.88. The highest BCUT2D eigenvalue weighted by molar-refractivity contribution is 7.89. The number of nitrogens with zero attached hydrogens (tertiary/aromatic N) is 1. The van der Waals surface area contributed by atoms with Gasteiger partial charge in [0.15, 0.2) is 5.76 Å². The SMILES string of the molecule is Cc1noc(C)c1S(=O)(=O)NCC1(C(=O)O)CCOCC1. The smallest absolute Gasteiger partial charge is 0.311 e. The molecule has 0 radical (unpaired) electrons. The Morgan fingerprint density at radius 2 is 2.00 bits per heavy atom. The predicted molar refractivity (Wildman–Crippen MR) is 71.3 cm³/mol. The van der Waals surface area contributed by atoms with Gasteiger partial charge in [-0.1, -0.05) is 5.16 Å². The number of aryl methyl sites for hydroxylation is 2. The molecule has 0 saturated carbocycles. The third kappa shape index (κ3) is 3.09. The van der Waals surface area contributed by atoms with Gasteiger partial charge in [0.05, 0.1) is 5.41 Å². The molecule has 0 atom stereocenters. The maximum absolute atomic E-state index is 12.3. The maximum atomic E-state index is 12.3. The van der Waals surface area contributed by atoms with Crippen molar-refractivity contribution in [1.29, 1.82) is 0 Å². The molecule has 1 aliphatic heterocycles. The Kier molecular flexibility index (Phi) is 4.35. The molecule has 1 fully saturated rings. The molecular weight excluding hydrogens is 300 g/mol. The minimum Gasteiger partial charge on any atom is -0.481 e. The van der Waals surface area contributed by atoms with E-state index in [0.717, 1.165) is 0 Å². The highest BCUT2D eigenvalue weighted by Gasteiger charge is 2.41. The average Bonchev–Trinajstić information content (AvgIpc) is 2.77. The Morgan fingerprint density at radius 1 is 1.38 bits per heavy atom. The van der Waals surface area contributed by atoms with E-state index in [-0.39, 0.29) is 35.7 Å². The van der Waals surface area contributed by atoms with E-state index >= 15 is 0 Å². The minimum atomic E-state index is -3.86. The largest absolute Gasteiger partial charge is 0.481 e. The van der Waals surface area contributed by atoms with Crippen LogP contribution in [0.3, 0.4) is 0 Å². The molecule has 9 heteroatoms. The van der Waals surface area contributed by atoms with E-state index in [1.807, 2.05) is 0 Å². The molecule has 0 bridgehead atoms. The zero-order chi connectivity index (χ0) is 15.7. The van der Waals surface area contributed by atoms with Crippen LogP contribution in [-0.4, -0.2) is 44.4 Å². The van der Waals surface area contributed by atoms with Crippen LogP contribution in [0, 0.1) is 19.3 Å². The number of hydrogen-bond donors (Lipinski definition) is 2. The molecule has 0 aromatic carbocycles. The summed E-state index contributed by atoms with van der Waals surface area (Å²) in [5.41, 5.74) is -0.888.